The van der Waals surface area contributed by atoms with E-state index in [1.807, 2.05) is 13.8 Å². The van der Waals surface area contributed by atoms with E-state index in [9.17, 15) is 4.79 Å². The van der Waals surface area contributed by atoms with E-state index in [-0.39, 0.29) is 18.6 Å². The summed E-state index contributed by atoms with van der Waals surface area (Å²) in [5.41, 5.74) is 5.54. The predicted molar refractivity (Wildman–Crippen MR) is 56.8 cm³/mol. The highest BCUT2D eigenvalue weighted by atomic mass is 16.3. The molecule has 1 amide bonds. The summed E-state index contributed by atoms with van der Waals surface area (Å²) in [5.74, 6) is -0.0762. The zero-order valence-electron chi connectivity index (χ0n) is 9.36. The molecule has 0 radical (unpaired) electrons. The van der Waals surface area contributed by atoms with E-state index in [0.29, 0.717) is 6.54 Å². The Labute approximate surface area is 86.1 Å². The second-order valence-electron chi connectivity index (χ2n) is 3.51. The van der Waals surface area contributed by atoms with Crippen LogP contribution < -0.4 is 5.73 Å². The molecule has 4 nitrogen and oxygen atoms in total. The van der Waals surface area contributed by atoms with Crippen molar-refractivity contribution in [3.05, 3.63) is 0 Å². The molecule has 0 saturated heterocycles. The Morgan fingerprint density at radius 1 is 1.43 bits per heavy atom. The molecule has 1 atom stereocenters. The van der Waals surface area contributed by atoms with Gasteiger partial charge in [-0.3, -0.25) is 4.79 Å². The molecule has 4 heteroatoms. The Hall–Kier alpha value is -0.610. The lowest BCUT2D eigenvalue weighted by Crippen LogP contribution is -2.48. The number of aliphatic hydroxyl groups excluding tert-OH is 1. The standard InChI is InChI=1S/C10H22N2O2/c1-4-9(5-2)12(6-7-13)10(14)8(3)11/h8-9,13H,4-7,11H2,1-3H3/t8-/m1/s1. The maximum Gasteiger partial charge on any atom is 0.239 e. The summed E-state index contributed by atoms with van der Waals surface area (Å²) in [6, 6.07) is -0.289. The largest absolute Gasteiger partial charge is 0.395 e. The van der Waals surface area contributed by atoms with Gasteiger partial charge in [0.25, 0.3) is 0 Å². The highest BCUT2D eigenvalue weighted by Gasteiger charge is 2.22. The van der Waals surface area contributed by atoms with Crippen LogP contribution in [0.1, 0.15) is 33.6 Å². The van der Waals surface area contributed by atoms with Gasteiger partial charge in [-0.05, 0) is 19.8 Å². The molecular weight excluding hydrogens is 180 g/mol. The summed E-state index contributed by atoms with van der Waals surface area (Å²) in [5, 5.41) is 8.87. The SMILES string of the molecule is CCC(CC)N(CCO)C(=O)[C@@H](C)N. The van der Waals surface area contributed by atoms with Gasteiger partial charge < -0.3 is 15.7 Å². The summed E-state index contributed by atoms with van der Waals surface area (Å²) < 4.78 is 0. The molecular formula is C10H22N2O2. The second kappa shape index (κ2) is 6.79. The molecule has 0 saturated carbocycles. The van der Waals surface area contributed by atoms with Crippen molar-refractivity contribution in [1.29, 1.82) is 0 Å². The lowest BCUT2D eigenvalue weighted by molar-refractivity contribution is -0.135. The fourth-order valence-corrected chi connectivity index (χ4v) is 1.57. The van der Waals surface area contributed by atoms with E-state index in [1.54, 1.807) is 11.8 Å². The smallest absolute Gasteiger partial charge is 0.239 e. The van der Waals surface area contributed by atoms with E-state index >= 15 is 0 Å². The Morgan fingerprint density at radius 2 is 1.93 bits per heavy atom. The summed E-state index contributed by atoms with van der Waals surface area (Å²) in [6.07, 6.45) is 1.80. The zero-order valence-corrected chi connectivity index (χ0v) is 9.36. The van der Waals surface area contributed by atoms with E-state index in [0.717, 1.165) is 12.8 Å². The summed E-state index contributed by atoms with van der Waals surface area (Å²) in [7, 11) is 0. The van der Waals surface area contributed by atoms with Crippen LogP contribution >= 0.6 is 0 Å². The lowest BCUT2D eigenvalue weighted by atomic mass is 10.1. The van der Waals surface area contributed by atoms with Crippen LogP contribution in [0.5, 0.6) is 0 Å². The van der Waals surface area contributed by atoms with Gasteiger partial charge >= 0.3 is 0 Å². The minimum Gasteiger partial charge on any atom is -0.395 e. The van der Waals surface area contributed by atoms with Crippen LogP contribution in [-0.2, 0) is 4.79 Å². The molecule has 84 valence electrons. The first-order valence-electron chi connectivity index (χ1n) is 5.25. The third-order valence-corrected chi connectivity index (χ3v) is 2.40. The van der Waals surface area contributed by atoms with Crippen molar-refractivity contribution in [2.75, 3.05) is 13.2 Å². The number of carbonyl (C=O) groups excluding carboxylic acids is 1. The van der Waals surface area contributed by atoms with Crippen molar-refractivity contribution in [3.8, 4) is 0 Å². The third kappa shape index (κ3) is 3.64. The molecule has 0 bridgehead atoms. The monoisotopic (exact) mass is 202 g/mol. The van der Waals surface area contributed by atoms with E-state index < -0.39 is 6.04 Å². The number of hydrogen-bond acceptors (Lipinski definition) is 3. The van der Waals surface area contributed by atoms with Gasteiger partial charge in [-0.15, -0.1) is 0 Å². The van der Waals surface area contributed by atoms with Crippen LogP contribution in [-0.4, -0.2) is 41.1 Å². The molecule has 0 fully saturated rings. The molecule has 0 aliphatic rings. The molecule has 0 aromatic heterocycles. The van der Waals surface area contributed by atoms with Crippen molar-refractivity contribution in [2.45, 2.75) is 45.7 Å². The first-order chi connectivity index (χ1) is 6.58. The van der Waals surface area contributed by atoms with Gasteiger partial charge in [0.15, 0.2) is 0 Å². The first kappa shape index (κ1) is 13.4. The quantitative estimate of drug-likeness (QED) is 0.653. The lowest BCUT2D eigenvalue weighted by Gasteiger charge is -2.31. The molecule has 0 aliphatic heterocycles. The van der Waals surface area contributed by atoms with Gasteiger partial charge in [-0.1, -0.05) is 13.8 Å². The molecule has 0 rings (SSSR count). The number of nitrogens with two attached hydrogens (primary N) is 1. The highest BCUT2D eigenvalue weighted by molar-refractivity contribution is 5.81. The van der Waals surface area contributed by atoms with Crippen molar-refractivity contribution >= 4 is 5.91 Å². The Balaban J connectivity index is 4.47. The number of carbonyl (C=O) groups is 1. The molecule has 14 heavy (non-hydrogen) atoms. The summed E-state index contributed by atoms with van der Waals surface area (Å²) >= 11 is 0. The predicted octanol–water partition coefficient (Wildman–Crippen LogP) is 0.343. The molecule has 0 aliphatic carbocycles. The van der Waals surface area contributed by atoms with Gasteiger partial charge in [-0.25, -0.2) is 0 Å². The molecule has 0 aromatic rings. The number of aliphatic hydroxyl groups is 1. The third-order valence-electron chi connectivity index (χ3n) is 2.40. The maximum absolute atomic E-state index is 11.7. The van der Waals surface area contributed by atoms with Crippen LogP contribution in [0.25, 0.3) is 0 Å². The van der Waals surface area contributed by atoms with Crippen LogP contribution in [0, 0.1) is 0 Å². The van der Waals surface area contributed by atoms with Crippen molar-refractivity contribution < 1.29 is 9.90 Å². The molecule has 3 N–H and O–H groups in total. The maximum atomic E-state index is 11.7. The van der Waals surface area contributed by atoms with Crippen LogP contribution in [0.15, 0.2) is 0 Å². The minimum atomic E-state index is -0.484. The number of rotatable bonds is 6. The van der Waals surface area contributed by atoms with Crippen molar-refractivity contribution in [3.63, 3.8) is 0 Å². The number of amides is 1. The summed E-state index contributed by atoms with van der Waals surface area (Å²) in [4.78, 5) is 13.4. The first-order valence-corrected chi connectivity index (χ1v) is 5.25. The Kier molecular flexibility index (Phi) is 6.49. The van der Waals surface area contributed by atoms with Crippen LogP contribution in [0.3, 0.4) is 0 Å². The normalized spacial score (nSPS) is 13.0. The van der Waals surface area contributed by atoms with Gasteiger partial charge in [0.05, 0.1) is 12.6 Å². The second-order valence-corrected chi connectivity index (χ2v) is 3.51. The van der Waals surface area contributed by atoms with Crippen LogP contribution in [0.2, 0.25) is 0 Å². The van der Waals surface area contributed by atoms with E-state index in [4.69, 9.17) is 10.8 Å². The van der Waals surface area contributed by atoms with E-state index in [2.05, 4.69) is 0 Å². The topological polar surface area (TPSA) is 66.6 Å². The van der Waals surface area contributed by atoms with Gasteiger partial charge in [0.1, 0.15) is 0 Å². The Morgan fingerprint density at radius 3 is 2.21 bits per heavy atom. The number of hydrogen-bond donors (Lipinski definition) is 2. The molecule has 0 aromatic carbocycles. The fraction of sp³-hybridized carbons (Fsp3) is 0.900. The van der Waals surface area contributed by atoms with Gasteiger partial charge in [0.2, 0.25) is 5.91 Å². The fourth-order valence-electron chi connectivity index (χ4n) is 1.57. The zero-order chi connectivity index (χ0) is 11.1. The van der Waals surface area contributed by atoms with Gasteiger partial charge in [0, 0.05) is 12.6 Å². The number of nitrogens with zero attached hydrogens (tertiary/aromatic N) is 1. The molecule has 0 unspecified atom stereocenters. The molecule has 0 heterocycles. The highest BCUT2D eigenvalue weighted by Crippen LogP contribution is 2.09. The van der Waals surface area contributed by atoms with Gasteiger partial charge in [-0.2, -0.15) is 0 Å². The van der Waals surface area contributed by atoms with Crippen molar-refractivity contribution in [2.24, 2.45) is 5.73 Å². The van der Waals surface area contributed by atoms with Crippen LogP contribution in [0.4, 0.5) is 0 Å². The average Bonchev–Trinajstić information content (AvgIpc) is 2.17. The minimum absolute atomic E-state index is 0.00500. The molecule has 0 spiro atoms. The average molecular weight is 202 g/mol. The Bertz CT molecular complexity index is 168. The summed E-state index contributed by atoms with van der Waals surface area (Å²) in [6.45, 7) is 6.12. The van der Waals surface area contributed by atoms with E-state index in [1.165, 1.54) is 0 Å². The van der Waals surface area contributed by atoms with Crippen molar-refractivity contribution in [1.82, 2.24) is 4.90 Å².